The molecule has 1 rings (SSSR count). The normalized spacial score (nSPS) is 12.2. The lowest BCUT2D eigenvalue weighted by molar-refractivity contribution is 0.182. The van der Waals surface area contributed by atoms with Crippen LogP contribution in [0, 0.1) is 18.3 Å². The van der Waals surface area contributed by atoms with Gasteiger partial charge in [-0.15, -0.1) is 0 Å². The number of rotatable bonds is 6. The number of aryl methyl sites for hydroxylation is 2. The van der Waals surface area contributed by atoms with E-state index in [4.69, 9.17) is 10.00 Å². The van der Waals surface area contributed by atoms with Crippen molar-refractivity contribution in [3.8, 4) is 6.07 Å². The van der Waals surface area contributed by atoms with Gasteiger partial charge in [-0.25, -0.2) is 0 Å². The van der Waals surface area contributed by atoms with E-state index in [9.17, 15) is 0 Å². The number of nitriles is 1. The molecule has 0 aliphatic rings. The Bertz CT molecular complexity index is 399. The van der Waals surface area contributed by atoms with E-state index in [-0.39, 0.29) is 6.04 Å². The van der Waals surface area contributed by atoms with Crippen LogP contribution < -0.4 is 5.32 Å². The van der Waals surface area contributed by atoms with Gasteiger partial charge in [-0.05, 0) is 13.3 Å². The summed E-state index contributed by atoms with van der Waals surface area (Å²) in [5.74, 6) is 0.778. The number of aromatic nitrogens is 2. The van der Waals surface area contributed by atoms with Crippen LogP contribution in [0.3, 0.4) is 0 Å². The lowest BCUT2D eigenvalue weighted by Gasteiger charge is -2.18. The molecule has 0 fully saturated rings. The number of hydrogen-bond acceptors (Lipinski definition) is 4. The molecule has 94 valence electrons. The quantitative estimate of drug-likeness (QED) is 0.818. The van der Waals surface area contributed by atoms with Gasteiger partial charge in [-0.3, -0.25) is 4.68 Å². The van der Waals surface area contributed by atoms with Gasteiger partial charge in [0.15, 0.2) is 0 Å². The van der Waals surface area contributed by atoms with Crippen LogP contribution in [-0.4, -0.2) is 29.5 Å². The van der Waals surface area contributed by atoms with Gasteiger partial charge in [-0.1, -0.05) is 13.3 Å². The molecule has 0 saturated heterocycles. The fraction of sp³-hybridized carbons (Fsp3) is 0.667. The largest absolute Gasteiger partial charge is 0.383 e. The van der Waals surface area contributed by atoms with E-state index in [2.05, 4.69) is 23.4 Å². The van der Waals surface area contributed by atoms with E-state index in [1.807, 2.05) is 14.0 Å². The molecule has 17 heavy (non-hydrogen) atoms. The Morgan fingerprint density at radius 1 is 1.59 bits per heavy atom. The molecule has 0 aliphatic carbocycles. The Morgan fingerprint density at radius 2 is 2.29 bits per heavy atom. The minimum atomic E-state index is 0.215. The van der Waals surface area contributed by atoms with Crippen molar-refractivity contribution in [1.82, 2.24) is 9.78 Å². The average Bonchev–Trinajstić information content (AvgIpc) is 2.54. The zero-order valence-corrected chi connectivity index (χ0v) is 10.9. The summed E-state index contributed by atoms with van der Waals surface area (Å²) in [7, 11) is 3.52. The van der Waals surface area contributed by atoms with E-state index >= 15 is 0 Å². The van der Waals surface area contributed by atoms with E-state index in [0.717, 1.165) is 24.4 Å². The van der Waals surface area contributed by atoms with Crippen LogP contribution in [0.25, 0.3) is 0 Å². The molecule has 5 nitrogen and oxygen atoms in total. The molecule has 1 aromatic rings. The number of methoxy groups -OCH3 is 1. The van der Waals surface area contributed by atoms with Crippen LogP contribution in [-0.2, 0) is 11.8 Å². The number of nitrogens with one attached hydrogen (secondary N) is 1. The van der Waals surface area contributed by atoms with Crippen molar-refractivity contribution in [3.63, 3.8) is 0 Å². The predicted octanol–water partition coefficient (Wildman–Crippen LogP) is 1.83. The zero-order chi connectivity index (χ0) is 12.8. The zero-order valence-electron chi connectivity index (χ0n) is 10.9. The van der Waals surface area contributed by atoms with Crippen molar-refractivity contribution >= 4 is 5.82 Å². The molecule has 0 amide bonds. The van der Waals surface area contributed by atoms with Crippen molar-refractivity contribution in [3.05, 3.63) is 11.3 Å². The molecular formula is C12H20N4O. The molecule has 0 aliphatic heterocycles. The van der Waals surface area contributed by atoms with Crippen molar-refractivity contribution < 1.29 is 4.74 Å². The first kappa shape index (κ1) is 13.5. The summed E-state index contributed by atoms with van der Waals surface area (Å²) < 4.78 is 6.89. The average molecular weight is 236 g/mol. The summed E-state index contributed by atoms with van der Waals surface area (Å²) in [5, 5.41) is 16.7. The van der Waals surface area contributed by atoms with Crippen molar-refractivity contribution in [2.75, 3.05) is 19.0 Å². The highest BCUT2D eigenvalue weighted by molar-refractivity contribution is 5.55. The van der Waals surface area contributed by atoms with Crippen molar-refractivity contribution in [2.45, 2.75) is 32.7 Å². The van der Waals surface area contributed by atoms with Gasteiger partial charge < -0.3 is 10.1 Å². The molecule has 1 heterocycles. The van der Waals surface area contributed by atoms with E-state index < -0.39 is 0 Å². The van der Waals surface area contributed by atoms with Gasteiger partial charge in [0.1, 0.15) is 17.5 Å². The van der Waals surface area contributed by atoms with E-state index in [1.54, 1.807) is 11.8 Å². The molecular weight excluding hydrogens is 216 g/mol. The molecule has 0 saturated carbocycles. The summed E-state index contributed by atoms with van der Waals surface area (Å²) >= 11 is 0. The molecule has 0 bridgehead atoms. The molecule has 1 atom stereocenters. The topological polar surface area (TPSA) is 62.9 Å². The first-order valence-electron chi connectivity index (χ1n) is 5.83. The maximum atomic E-state index is 9.11. The lowest BCUT2D eigenvalue weighted by atomic mass is 10.1. The molecule has 1 aromatic heterocycles. The summed E-state index contributed by atoms with van der Waals surface area (Å²) in [4.78, 5) is 0. The van der Waals surface area contributed by atoms with Gasteiger partial charge in [0.05, 0.1) is 18.3 Å². The van der Waals surface area contributed by atoms with Crippen LogP contribution in [0.1, 0.15) is 31.0 Å². The molecule has 0 aromatic carbocycles. The van der Waals surface area contributed by atoms with E-state index in [1.165, 1.54) is 0 Å². The number of nitrogens with zero attached hydrogens (tertiary/aromatic N) is 3. The first-order chi connectivity index (χ1) is 8.13. The monoisotopic (exact) mass is 236 g/mol. The fourth-order valence-corrected chi connectivity index (χ4v) is 1.90. The smallest absolute Gasteiger partial charge is 0.142 e. The maximum Gasteiger partial charge on any atom is 0.142 e. The Morgan fingerprint density at radius 3 is 2.82 bits per heavy atom. The van der Waals surface area contributed by atoms with Crippen LogP contribution in [0.15, 0.2) is 0 Å². The van der Waals surface area contributed by atoms with E-state index in [0.29, 0.717) is 12.2 Å². The van der Waals surface area contributed by atoms with Crippen LogP contribution >= 0.6 is 0 Å². The third-order valence-electron chi connectivity index (χ3n) is 2.68. The fourth-order valence-electron chi connectivity index (χ4n) is 1.90. The minimum Gasteiger partial charge on any atom is -0.383 e. The summed E-state index contributed by atoms with van der Waals surface area (Å²) in [6.07, 6.45) is 2.07. The molecule has 1 N–H and O–H groups in total. The van der Waals surface area contributed by atoms with Crippen molar-refractivity contribution in [1.29, 1.82) is 5.26 Å². The maximum absolute atomic E-state index is 9.11. The summed E-state index contributed by atoms with van der Waals surface area (Å²) in [6, 6.07) is 2.40. The molecule has 5 heteroatoms. The Balaban J connectivity index is 2.88. The second-order valence-corrected chi connectivity index (χ2v) is 4.13. The third kappa shape index (κ3) is 3.21. The minimum absolute atomic E-state index is 0.215. The SMILES string of the molecule is CCCC(COC)Nc1c(C#N)c(C)nn1C. The highest BCUT2D eigenvalue weighted by atomic mass is 16.5. The Kier molecular flexibility index (Phi) is 4.98. The van der Waals surface area contributed by atoms with Gasteiger partial charge in [-0.2, -0.15) is 10.4 Å². The van der Waals surface area contributed by atoms with Gasteiger partial charge >= 0.3 is 0 Å². The Labute approximate surface area is 102 Å². The van der Waals surface area contributed by atoms with Gasteiger partial charge in [0, 0.05) is 14.2 Å². The summed E-state index contributed by atoms with van der Waals surface area (Å²) in [5.41, 5.74) is 1.37. The second kappa shape index (κ2) is 6.26. The van der Waals surface area contributed by atoms with Gasteiger partial charge in [0.2, 0.25) is 0 Å². The highest BCUT2D eigenvalue weighted by Gasteiger charge is 2.16. The number of anilines is 1. The highest BCUT2D eigenvalue weighted by Crippen LogP contribution is 2.19. The third-order valence-corrected chi connectivity index (χ3v) is 2.68. The standard InChI is InChI=1S/C12H20N4O/c1-5-6-10(8-17-4)14-12-11(7-13)9(2)15-16(12)3/h10,14H,5-6,8H2,1-4H3. The van der Waals surface area contributed by atoms with Crippen LogP contribution in [0.5, 0.6) is 0 Å². The van der Waals surface area contributed by atoms with Crippen LogP contribution in [0.2, 0.25) is 0 Å². The molecule has 0 radical (unpaired) electrons. The Hall–Kier alpha value is -1.54. The summed E-state index contributed by atoms with van der Waals surface area (Å²) in [6.45, 7) is 4.60. The second-order valence-electron chi connectivity index (χ2n) is 4.13. The van der Waals surface area contributed by atoms with Crippen molar-refractivity contribution in [2.24, 2.45) is 7.05 Å². The predicted molar refractivity (Wildman–Crippen MR) is 66.9 cm³/mol. The molecule has 0 spiro atoms. The molecule has 1 unspecified atom stereocenters. The number of ether oxygens (including phenoxy) is 1. The van der Waals surface area contributed by atoms with Crippen LogP contribution in [0.4, 0.5) is 5.82 Å². The lowest BCUT2D eigenvalue weighted by Crippen LogP contribution is -2.26. The number of hydrogen-bond donors (Lipinski definition) is 1. The van der Waals surface area contributed by atoms with Gasteiger partial charge in [0.25, 0.3) is 0 Å². The first-order valence-corrected chi connectivity index (χ1v) is 5.83.